The Kier molecular flexibility index (Phi) is 8.61. The molecule has 1 aliphatic rings. The summed E-state index contributed by atoms with van der Waals surface area (Å²) in [6, 6.07) is 10.6. The highest BCUT2D eigenvalue weighted by Gasteiger charge is 2.35. The molecule has 1 fully saturated rings. The lowest BCUT2D eigenvalue weighted by Gasteiger charge is -2.26. The first-order chi connectivity index (χ1) is 21.1. The van der Waals surface area contributed by atoms with Gasteiger partial charge in [0.2, 0.25) is 10.0 Å². The number of nitrogens with zero attached hydrogens (tertiary/aromatic N) is 1. The van der Waals surface area contributed by atoms with Crippen LogP contribution in [0.15, 0.2) is 57.4 Å². The van der Waals surface area contributed by atoms with Gasteiger partial charge in [-0.05, 0) is 88.3 Å². The number of hydrogen-bond donors (Lipinski definition) is 1. The van der Waals surface area contributed by atoms with Gasteiger partial charge in [-0.3, -0.25) is 9.10 Å². The number of alkyl halides is 3. The smallest absolute Gasteiger partial charge is 0.465 e. The number of carbonyl (C=O) groups excluding carboxylic acids is 2. The van der Waals surface area contributed by atoms with Gasteiger partial charge in [-0.2, -0.15) is 0 Å². The fraction of sp³-hybridized carbons (Fsp3) is 0.267. The Hall–Kier alpha value is -4.11. The average molecular weight is 714 g/mol. The Bertz CT molecular complexity index is 1920. The standard InChI is InChI=1S/C30H25BrF4N2O7S/c1-36-28(38)25-20-12-19(16-4-5-16)22(13-23(20)43-27(25)17-6-8-18(32)9-7-17)37(45(3,40)41)14-15-10-21(29(39)42-2)26(31)24(11-15)44-30(33,34)35/h6-13,16H,4-5,14H2,1-3H3,(H,36,38). The third-order valence-corrected chi connectivity index (χ3v) is 9.08. The number of rotatable bonds is 9. The molecular formula is C30H25BrF4N2O7S. The fourth-order valence-electron chi connectivity index (χ4n) is 4.99. The molecule has 1 amide bonds. The van der Waals surface area contributed by atoms with Gasteiger partial charge in [-0.15, -0.1) is 13.2 Å². The maximum atomic E-state index is 13.7. The number of benzene rings is 3. The number of halogens is 5. The number of sulfonamides is 1. The third kappa shape index (κ3) is 6.78. The zero-order valence-corrected chi connectivity index (χ0v) is 26.3. The number of hydrogen-bond acceptors (Lipinski definition) is 7. The van der Waals surface area contributed by atoms with Crippen molar-refractivity contribution in [2.45, 2.75) is 31.7 Å². The highest BCUT2D eigenvalue weighted by molar-refractivity contribution is 9.10. The van der Waals surface area contributed by atoms with Gasteiger partial charge >= 0.3 is 12.3 Å². The molecule has 9 nitrogen and oxygen atoms in total. The summed E-state index contributed by atoms with van der Waals surface area (Å²) in [5.74, 6) is -2.66. The lowest BCUT2D eigenvalue weighted by molar-refractivity contribution is -0.274. The van der Waals surface area contributed by atoms with Crippen LogP contribution < -0.4 is 14.4 Å². The molecule has 238 valence electrons. The summed E-state index contributed by atoms with van der Waals surface area (Å²) < 4.78 is 95.5. The van der Waals surface area contributed by atoms with Gasteiger partial charge in [0.15, 0.2) is 0 Å². The first kappa shape index (κ1) is 32.3. The van der Waals surface area contributed by atoms with Crippen LogP contribution in [0.4, 0.5) is 23.2 Å². The summed E-state index contributed by atoms with van der Waals surface area (Å²) in [5, 5.41) is 2.97. The Balaban J connectivity index is 1.71. The Morgan fingerprint density at radius 3 is 2.33 bits per heavy atom. The van der Waals surface area contributed by atoms with E-state index in [1.807, 2.05) is 0 Å². The largest absolute Gasteiger partial charge is 0.573 e. The highest BCUT2D eigenvalue weighted by Crippen LogP contribution is 2.48. The second-order valence-corrected chi connectivity index (χ2v) is 13.0. The van der Waals surface area contributed by atoms with E-state index in [0.29, 0.717) is 16.5 Å². The predicted octanol–water partition coefficient (Wildman–Crippen LogP) is 6.89. The maximum Gasteiger partial charge on any atom is 0.573 e. The lowest BCUT2D eigenvalue weighted by Crippen LogP contribution is -2.30. The van der Waals surface area contributed by atoms with E-state index in [1.54, 1.807) is 6.07 Å². The molecule has 1 N–H and O–H groups in total. The molecule has 4 aromatic rings. The SMILES string of the molecule is CNC(=O)c1c(-c2ccc(F)cc2)oc2cc(N(Cc3cc(OC(F)(F)F)c(Br)c(C(=O)OC)c3)S(C)(=O)=O)c(C3CC3)cc12. The Morgan fingerprint density at radius 1 is 1.11 bits per heavy atom. The van der Waals surface area contributed by atoms with E-state index in [9.17, 15) is 35.6 Å². The van der Waals surface area contributed by atoms with Crippen molar-refractivity contribution >= 4 is 54.5 Å². The zero-order valence-electron chi connectivity index (χ0n) is 23.9. The zero-order chi connectivity index (χ0) is 32.8. The van der Waals surface area contributed by atoms with Gasteiger partial charge in [0.25, 0.3) is 5.91 Å². The molecule has 0 radical (unpaired) electrons. The van der Waals surface area contributed by atoms with E-state index in [2.05, 4.69) is 26.0 Å². The maximum absolute atomic E-state index is 13.7. The monoisotopic (exact) mass is 712 g/mol. The van der Waals surface area contributed by atoms with Crippen molar-refractivity contribution in [1.29, 1.82) is 0 Å². The summed E-state index contributed by atoms with van der Waals surface area (Å²) in [7, 11) is -1.63. The van der Waals surface area contributed by atoms with Crippen LogP contribution in [0.1, 0.15) is 50.6 Å². The van der Waals surface area contributed by atoms with Crippen molar-refractivity contribution in [1.82, 2.24) is 5.32 Å². The van der Waals surface area contributed by atoms with E-state index < -0.39 is 46.4 Å². The molecule has 5 rings (SSSR count). The fourth-order valence-corrected chi connectivity index (χ4v) is 6.36. The summed E-state index contributed by atoms with van der Waals surface area (Å²) in [5.41, 5.74) is 1.14. The van der Waals surface area contributed by atoms with Gasteiger partial charge in [0.05, 0.1) is 41.2 Å². The number of anilines is 1. The molecule has 0 atom stereocenters. The number of esters is 1. The first-order valence-electron chi connectivity index (χ1n) is 13.3. The van der Waals surface area contributed by atoms with Gasteiger partial charge in [-0.25, -0.2) is 17.6 Å². The molecule has 1 heterocycles. The van der Waals surface area contributed by atoms with Crippen molar-refractivity contribution in [3.05, 3.63) is 81.1 Å². The lowest BCUT2D eigenvalue weighted by atomic mass is 10.00. The minimum Gasteiger partial charge on any atom is -0.465 e. The third-order valence-electron chi connectivity index (χ3n) is 7.14. The number of fused-ring (bicyclic) bond motifs is 1. The first-order valence-corrected chi connectivity index (χ1v) is 16.0. The Labute approximate surface area is 263 Å². The second-order valence-electron chi connectivity index (χ2n) is 10.3. The number of methoxy groups -OCH3 is 1. The van der Waals surface area contributed by atoms with Crippen LogP contribution in [0.2, 0.25) is 0 Å². The topological polar surface area (TPSA) is 115 Å². The Morgan fingerprint density at radius 2 is 1.78 bits per heavy atom. The molecule has 1 aromatic heterocycles. The molecular weight excluding hydrogens is 688 g/mol. The number of nitrogens with one attached hydrogen (secondary N) is 1. The number of amides is 1. The summed E-state index contributed by atoms with van der Waals surface area (Å²) in [6.45, 7) is -0.497. The van der Waals surface area contributed by atoms with Crippen molar-refractivity contribution < 1.29 is 49.5 Å². The molecule has 1 aliphatic carbocycles. The molecule has 0 spiro atoms. The van der Waals surface area contributed by atoms with E-state index in [1.165, 1.54) is 43.4 Å². The van der Waals surface area contributed by atoms with Crippen molar-refractivity contribution in [3.63, 3.8) is 0 Å². The van der Waals surface area contributed by atoms with Crippen LogP contribution in [-0.4, -0.2) is 47.1 Å². The van der Waals surface area contributed by atoms with E-state index in [-0.39, 0.29) is 44.1 Å². The number of carbonyl (C=O) groups is 2. The molecule has 0 saturated heterocycles. The summed E-state index contributed by atoms with van der Waals surface area (Å²) in [6.07, 6.45) is -2.73. The van der Waals surface area contributed by atoms with Crippen LogP contribution >= 0.6 is 15.9 Å². The molecule has 0 unspecified atom stereocenters. The van der Waals surface area contributed by atoms with E-state index >= 15 is 0 Å². The molecule has 3 aromatic carbocycles. The van der Waals surface area contributed by atoms with Crippen molar-refractivity contribution in [2.24, 2.45) is 0 Å². The van der Waals surface area contributed by atoms with Gasteiger partial charge in [-0.1, -0.05) is 0 Å². The molecule has 0 aliphatic heterocycles. The minimum atomic E-state index is -5.11. The van der Waals surface area contributed by atoms with Crippen LogP contribution in [0.3, 0.4) is 0 Å². The second kappa shape index (κ2) is 12.0. The normalized spacial score (nSPS) is 13.5. The quantitative estimate of drug-likeness (QED) is 0.148. The molecule has 1 saturated carbocycles. The highest BCUT2D eigenvalue weighted by atomic mass is 79.9. The number of furan rings is 1. The molecule has 0 bridgehead atoms. The molecule has 15 heteroatoms. The van der Waals surface area contributed by atoms with Crippen LogP contribution in [0.25, 0.3) is 22.3 Å². The summed E-state index contributed by atoms with van der Waals surface area (Å²) in [4.78, 5) is 25.5. The van der Waals surface area contributed by atoms with Crippen LogP contribution in [0.5, 0.6) is 5.75 Å². The molecule has 45 heavy (non-hydrogen) atoms. The van der Waals surface area contributed by atoms with Crippen LogP contribution in [-0.2, 0) is 21.3 Å². The van der Waals surface area contributed by atoms with E-state index in [4.69, 9.17) is 9.15 Å². The summed E-state index contributed by atoms with van der Waals surface area (Å²) >= 11 is 2.95. The van der Waals surface area contributed by atoms with E-state index in [0.717, 1.165) is 36.6 Å². The predicted molar refractivity (Wildman–Crippen MR) is 160 cm³/mol. The minimum absolute atomic E-state index is 0.0115. The van der Waals surface area contributed by atoms with Gasteiger partial charge < -0.3 is 19.2 Å². The van der Waals surface area contributed by atoms with Gasteiger partial charge in [0, 0.05) is 24.1 Å². The van der Waals surface area contributed by atoms with Crippen LogP contribution in [0, 0.1) is 5.82 Å². The van der Waals surface area contributed by atoms with Crippen molar-refractivity contribution in [2.75, 3.05) is 24.7 Å². The average Bonchev–Trinajstić information content (AvgIpc) is 3.75. The number of ether oxygens (including phenoxy) is 2. The van der Waals surface area contributed by atoms with Crippen molar-refractivity contribution in [3.8, 4) is 17.1 Å². The van der Waals surface area contributed by atoms with Gasteiger partial charge in [0.1, 0.15) is 22.9 Å².